The van der Waals surface area contributed by atoms with Crippen molar-refractivity contribution in [3.8, 4) is 5.75 Å². The SMILES string of the molecule is COc1cccc(C[NH+](Cc2cccn2Cc2ccccc2)C2CC2)c1. The zero-order valence-corrected chi connectivity index (χ0v) is 15.4. The minimum Gasteiger partial charge on any atom is -0.497 e. The number of ether oxygens (including phenoxy) is 1. The predicted octanol–water partition coefficient (Wildman–Crippen LogP) is 3.29. The standard InChI is InChI=1S/C23H26N2O/c1-26-23-11-5-9-20(15-23)17-25(21-12-13-21)18-22-10-6-14-24(22)16-19-7-3-2-4-8-19/h2-11,14-15,21H,12-13,16-18H2,1H3/p+1. The first kappa shape index (κ1) is 16.9. The fourth-order valence-electron chi connectivity index (χ4n) is 3.66. The minimum atomic E-state index is 0.793. The number of aromatic nitrogens is 1. The molecular formula is C23H27N2O+. The summed E-state index contributed by atoms with van der Waals surface area (Å²) in [5.41, 5.74) is 4.12. The lowest BCUT2D eigenvalue weighted by Crippen LogP contribution is -3.10. The van der Waals surface area contributed by atoms with Crippen LogP contribution in [0.25, 0.3) is 0 Å². The first-order valence-corrected chi connectivity index (χ1v) is 9.47. The Bertz CT molecular complexity index is 836. The summed E-state index contributed by atoms with van der Waals surface area (Å²) in [7, 11) is 1.74. The van der Waals surface area contributed by atoms with E-state index in [-0.39, 0.29) is 0 Å². The Hall–Kier alpha value is -2.52. The van der Waals surface area contributed by atoms with Crippen molar-refractivity contribution < 1.29 is 9.64 Å². The van der Waals surface area contributed by atoms with Crippen LogP contribution in [0.15, 0.2) is 72.9 Å². The van der Waals surface area contributed by atoms with Gasteiger partial charge in [-0.15, -0.1) is 0 Å². The summed E-state index contributed by atoms with van der Waals surface area (Å²) in [5, 5.41) is 0. The molecule has 1 heterocycles. The van der Waals surface area contributed by atoms with E-state index >= 15 is 0 Å². The summed E-state index contributed by atoms with van der Waals surface area (Å²) in [4.78, 5) is 1.66. The van der Waals surface area contributed by atoms with Crippen molar-refractivity contribution in [1.29, 1.82) is 0 Å². The van der Waals surface area contributed by atoms with E-state index in [0.29, 0.717) is 0 Å². The lowest BCUT2D eigenvalue weighted by atomic mass is 10.2. The topological polar surface area (TPSA) is 18.6 Å². The van der Waals surface area contributed by atoms with Crippen LogP contribution in [0, 0.1) is 0 Å². The highest BCUT2D eigenvalue weighted by molar-refractivity contribution is 5.27. The van der Waals surface area contributed by atoms with Crippen molar-refractivity contribution in [2.24, 2.45) is 0 Å². The van der Waals surface area contributed by atoms with Gasteiger partial charge >= 0.3 is 0 Å². The van der Waals surface area contributed by atoms with Gasteiger partial charge in [0, 0.05) is 31.1 Å². The number of rotatable bonds is 8. The van der Waals surface area contributed by atoms with Crippen LogP contribution < -0.4 is 9.64 Å². The van der Waals surface area contributed by atoms with Crippen molar-refractivity contribution in [2.75, 3.05) is 7.11 Å². The second kappa shape index (κ2) is 7.79. The van der Waals surface area contributed by atoms with E-state index in [1.54, 1.807) is 12.0 Å². The maximum Gasteiger partial charge on any atom is 0.119 e. The van der Waals surface area contributed by atoms with E-state index < -0.39 is 0 Å². The van der Waals surface area contributed by atoms with Crippen LogP contribution in [0.3, 0.4) is 0 Å². The zero-order valence-electron chi connectivity index (χ0n) is 15.4. The predicted molar refractivity (Wildman–Crippen MR) is 104 cm³/mol. The minimum absolute atomic E-state index is 0.793. The largest absolute Gasteiger partial charge is 0.497 e. The Morgan fingerprint density at radius 1 is 0.923 bits per heavy atom. The molecule has 1 N–H and O–H groups in total. The van der Waals surface area contributed by atoms with Crippen LogP contribution >= 0.6 is 0 Å². The van der Waals surface area contributed by atoms with Gasteiger partial charge in [0.1, 0.15) is 18.8 Å². The molecule has 0 amide bonds. The van der Waals surface area contributed by atoms with E-state index in [1.807, 2.05) is 6.07 Å². The number of quaternary nitrogens is 1. The average molecular weight is 347 g/mol. The summed E-state index contributed by atoms with van der Waals surface area (Å²) in [6.45, 7) is 3.07. The number of nitrogens with one attached hydrogen (secondary N) is 1. The van der Waals surface area contributed by atoms with Gasteiger partial charge in [0.15, 0.2) is 0 Å². The molecule has 4 rings (SSSR count). The Morgan fingerprint density at radius 3 is 2.50 bits per heavy atom. The molecular weight excluding hydrogens is 320 g/mol. The molecule has 1 fully saturated rings. The molecule has 134 valence electrons. The van der Waals surface area contributed by atoms with Crippen molar-refractivity contribution in [2.45, 2.75) is 38.5 Å². The molecule has 1 aliphatic carbocycles. The molecule has 1 aliphatic rings. The number of nitrogens with zero attached hydrogens (tertiary/aromatic N) is 1. The highest BCUT2D eigenvalue weighted by Gasteiger charge is 2.33. The lowest BCUT2D eigenvalue weighted by Gasteiger charge is -2.21. The van der Waals surface area contributed by atoms with Crippen molar-refractivity contribution in [3.05, 3.63) is 89.7 Å². The molecule has 0 spiro atoms. The van der Waals surface area contributed by atoms with Gasteiger partial charge < -0.3 is 14.2 Å². The fourth-order valence-corrected chi connectivity index (χ4v) is 3.66. The third kappa shape index (κ3) is 4.17. The summed E-state index contributed by atoms with van der Waals surface area (Å²) in [5.74, 6) is 0.949. The van der Waals surface area contributed by atoms with E-state index in [9.17, 15) is 0 Å². The van der Waals surface area contributed by atoms with E-state index in [4.69, 9.17) is 4.74 Å². The number of methoxy groups -OCH3 is 1. The molecule has 0 saturated heterocycles. The first-order valence-electron chi connectivity index (χ1n) is 9.47. The fraction of sp³-hybridized carbons (Fsp3) is 0.304. The number of hydrogen-bond donors (Lipinski definition) is 1. The van der Waals surface area contributed by atoms with Crippen LogP contribution in [-0.2, 0) is 19.6 Å². The molecule has 1 unspecified atom stereocenters. The van der Waals surface area contributed by atoms with Crippen LogP contribution in [-0.4, -0.2) is 17.7 Å². The molecule has 1 aromatic heterocycles. The van der Waals surface area contributed by atoms with Crippen LogP contribution in [0.5, 0.6) is 5.75 Å². The van der Waals surface area contributed by atoms with Crippen molar-refractivity contribution >= 4 is 0 Å². The van der Waals surface area contributed by atoms with Gasteiger partial charge in [-0.25, -0.2) is 0 Å². The molecule has 2 aromatic carbocycles. The quantitative estimate of drug-likeness (QED) is 0.662. The molecule has 3 nitrogen and oxygen atoms in total. The number of benzene rings is 2. The van der Waals surface area contributed by atoms with Gasteiger partial charge in [-0.3, -0.25) is 0 Å². The molecule has 3 aromatic rings. The summed E-state index contributed by atoms with van der Waals surface area (Å²) >= 11 is 0. The maximum atomic E-state index is 5.39. The van der Waals surface area contributed by atoms with Crippen molar-refractivity contribution in [3.63, 3.8) is 0 Å². The Morgan fingerprint density at radius 2 is 1.73 bits per heavy atom. The lowest BCUT2D eigenvalue weighted by molar-refractivity contribution is -0.938. The molecule has 0 aliphatic heterocycles. The first-order chi connectivity index (χ1) is 12.8. The van der Waals surface area contributed by atoms with Gasteiger partial charge in [0.25, 0.3) is 0 Å². The molecule has 0 bridgehead atoms. The van der Waals surface area contributed by atoms with Crippen LogP contribution in [0.1, 0.15) is 29.7 Å². The Balaban J connectivity index is 1.48. The average Bonchev–Trinajstić information content (AvgIpc) is 3.44. The monoisotopic (exact) mass is 347 g/mol. The summed E-state index contributed by atoms with van der Waals surface area (Å²) in [6, 6.07) is 24.4. The van der Waals surface area contributed by atoms with Gasteiger partial charge in [-0.1, -0.05) is 42.5 Å². The molecule has 0 radical (unpaired) electrons. The second-order valence-electron chi connectivity index (χ2n) is 7.25. The molecule has 1 atom stereocenters. The van der Waals surface area contributed by atoms with Gasteiger partial charge in [0.2, 0.25) is 0 Å². The van der Waals surface area contributed by atoms with E-state index in [2.05, 4.69) is 71.4 Å². The highest BCUT2D eigenvalue weighted by atomic mass is 16.5. The molecule has 1 saturated carbocycles. The Labute approximate surface area is 155 Å². The van der Waals surface area contributed by atoms with Gasteiger partial charge in [-0.05, 0) is 29.8 Å². The third-order valence-corrected chi connectivity index (χ3v) is 5.25. The zero-order chi connectivity index (χ0) is 17.8. The van der Waals surface area contributed by atoms with Gasteiger partial charge in [-0.2, -0.15) is 0 Å². The summed E-state index contributed by atoms with van der Waals surface area (Å²) < 4.78 is 7.78. The second-order valence-corrected chi connectivity index (χ2v) is 7.25. The molecule has 3 heteroatoms. The van der Waals surface area contributed by atoms with Crippen molar-refractivity contribution in [1.82, 2.24) is 4.57 Å². The Kier molecular flexibility index (Phi) is 5.07. The van der Waals surface area contributed by atoms with Crippen LogP contribution in [0.2, 0.25) is 0 Å². The number of hydrogen-bond acceptors (Lipinski definition) is 1. The molecule has 26 heavy (non-hydrogen) atoms. The van der Waals surface area contributed by atoms with E-state index in [1.165, 1.54) is 29.7 Å². The van der Waals surface area contributed by atoms with Gasteiger partial charge in [0.05, 0.1) is 18.8 Å². The third-order valence-electron chi connectivity index (χ3n) is 5.25. The maximum absolute atomic E-state index is 5.39. The van der Waals surface area contributed by atoms with Crippen LogP contribution in [0.4, 0.5) is 0 Å². The highest BCUT2D eigenvalue weighted by Crippen LogP contribution is 2.18. The normalized spacial score (nSPS) is 15.0. The van der Waals surface area contributed by atoms with E-state index in [0.717, 1.165) is 31.4 Å². The smallest absolute Gasteiger partial charge is 0.119 e. The summed E-state index contributed by atoms with van der Waals surface area (Å²) in [6.07, 6.45) is 4.90.